The van der Waals surface area contributed by atoms with Gasteiger partial charge in [0.15, 0.2) is 4.75 Å². The Hall–Kier alpha value is -2.34. The molecule has 0 bridgehead atoms. The van der Waals surface area contributed by atoms with Crippen molar-refractivity contribution in [3.63, 3.8) is 0 Å². The molecule has 0 unspecified atom stereocenters. The number of para-hydroxylation sites is 1. The molecule has 1 aliphatic rings. The first kappa shape index (κ1) is 14.6. The fourth-order valence-electron chi connectivity index (χ4n) is 2.16. The van der Waals surface area contributed by atoms with Gasteiger partial charge < -0.3 is 10.6 Å². The molecule has 0 saturated carbocycles. The van der Waals surface area contributed by atoms with Crippen molar-refractivity contribution in [2.24, 2.45) is 0 Å². The predicted molar refractivity (Wildman–Crippen MR) is 85.4 cm³/mol. The van der Waals surface area contributed by atoms with Crippen molar-refractivity contribution in [2.75, 3.05) is 5.32 Å². The van der Waals surface area contributed by atoms with Crippen molar-refractivity contribution in [3.05, 3.63) is 54.4 Å². The van der Waals surface area contributed by atoms with Crippen LogP contribution in [-0.4, -0.2) is 21.5 Å². The lowest BCUT2D eigenvalue weighted by molar-refractivity contribution is -0.130. The van der Waals surface area contributed by atoms with Crippen LogP contribution in [0.5, 0.6) is 0 Å². The highest BCUT2D eigenvalue weighted by Crippen LogP contribution is 2.42. The lowest BCUT2D eigenvalue weighted by atomic mass is 10.1. The largest absolute Gasteiger partial charge is 0.349 e. The second kappa shape index (κ2) is 5.81. The summed E-state index contributed by atoms with van der Waals surface area (Å²) in [6.07, 6.45) is 1.67. The van der Waals surface area contributed by atoms with E-state index in [1.54, 1.807) is 13.1 Å². The molecular formula is C16H15N3O2S. The van der Waals surface area contributed by atoms with Crippen LogP contribution in [0.25, 0.3) is 0 Å². The Morgan fingerprint density at radius 3 is 2.82 bits per heavy atom. The molecule has 3 rings (SSSR count). The van der Waals surface area contributed by atoms with Crippen molar-refractivity contribution in [1.29, 1.82) is 0 Å². The molecule has 22 heavy (non-hydrogen) atoms. The van der Waals surface area contributed by atoms with Gasteiger partial charge in [-0.25, -0.2) is 0 Å². The van der Waals surface area contributed by atoms with Crippen LogP contribution in [0.4, 0.5) is 5.69 Å². The quantitative estimate of drug-likeness (QED) is 0.852. The summed E-state index contributed by atoms with van der Waals surface area (Å²) in [6.45, 7) is 1.93. The minimum atomic E-state index is -1.19. The molecule has 1 aromatic heterocycles. The summed E-state index contributed by atoms with van der Waals surface area (Å²) in [5, 5.41) is 5.58. The van der Waals surface area contributed by atoms with E-state index in [2.05, 4.69) is 15.6 Å². The summed E-state index contributed by atoms with van der Waals surface area (Å²) in [5.41, 5.74) is 1.49. The number of amides is 2. The molecule has 2 N–H and O–H groups in total. The first-order chi connectivity index (χ1) is 10.6. The van der Waals surface area contributed by atoms with Crippen LogP contribution in [0.3, 0.4) is 0 Å². The minimum absolute atomic E-state index is 0.296. The zero-order chi connectivity index (χ0) is 15.6. The number of anilines is 1. The van der Waals surface area contributed by atoms with Crippen LogP contribution in [0.15, 0.2) is 53.6 Å². The van der Waals surface area contributed by atoms with Gasteiger partial charge in [-0.15, -0.1) is 0 Å². The monoisotopic (exact) mass is 313 g/mol. The van der Waals surface area contributed by atoms with E-state index in [9.17, 15) is 9.59 Å². The molecule has 112 valence electrons. The molecular weight excluding hydrogens is 298 g/mol. The Bertz CT molecular complexity index is 720. The molecule has 0 radical (unpaired) electrons. The zero-order valence-corrected chi connectivity index (χ0v) is 12.8. The van der Waals surface area contributed by atoms with Gasteiger partial charge in [0.2, 0.25) is 11.8 Å². The molecule has 0 fully saturated rings. The highest BCUT2D eigenvalue weighted by molar-refractivity contribution is 8.02. The summed E-state index contributed by atoms with van der Waals surface area (Å²) in [5.74, 6) is -0.634. The topological polar surface area (TPSA) is 71.1 Å². The van der Waals surface area contributed by atoms with Gasteiger partial charge in [0.05, 0.1) is 17.9 Å². The average molecular weight is 313 g/mol. The first-order valence-corrected chi connectivity index (χ1v) is 7.69. The van der Waals surface area contributed by atoms with E-state index in [1.165, 1.54) is 11.8 Å². The van der Waals surface area contributed by atoms with Gasteiger partial charge in [0.25, 0.3) is 0 Å². The SMILES string of the molecule is C[C@@]1(C(=O)NCc2ccccn2)Sc2ccccc2NC1=O. The van der Waals surface area contributed by atoms with Crippen LogP contribution in [-0.2, 0) is 16.1 Å². The lowest BCUT2D eigenvalue weighted by Crippen LogP contribution is -2.51. The summed E-state index contributed by atoms with van der Waals surface area (Å²) in [6, 6.07) is 12.9. The Morgan fingerprint density at radius 2 is 2.05 bits per heavy atom. The van der Waals surface area contributed by atoms with Crippen molar-refractivity contribution in [3.8, 4) is 0 Å². The maximum Gasteiger partial charge on any atom is 0.250 e. The summed E-state index contributed by atoms with van der Waals surface area (Å²) < 4.78 is -1.19. The minimum Gasteiger partial charge on any atom is -0.349 e. The van der Waals surface area contributed by atoms with Gasteiger partial charge in [0.1, 0.15) is 0 Å². The molecule has 0 spiro atoms. The number of hydrogen-bond donors (Lipinski definition) is 2. The van der Waals surface area contributed by atoms with E-state index >= 15 is 0 Å². The molecule has 0 aliphatic carbocycles. The van der Waals surface area contributed by atoms with E-state index in [0.717, 1.165) is 16.3 Å². The second-order valence-corrected chi connectivity index (χ2v) is 6.55. The molecule has 2 amide bonds. The van der Waals surface area contributed by atoms with Gasteiger partial charge in [-0.1, -0.05) is 30.0 Å². The molecule has 2 heterocycles. The van der Waals surface area contributed by atoms with Crippen molar-refractivity contribution in [1.82, 2.24) is 10.3 Å². The van der Waals surface area contributed by atoms with Crippen LogP contribution in [0.1, 0.15) is 12.6 Å². The Kier molecular flexibility index (Phi) is 3.85. The molecule has 6 heteroatoms. The fourth-order valence-corrected chi connectivity index (χ4v) is 3.28. The number of thioether (sulfide) groups is 1. The number of aromatic nitrogens is 1. The van der Waals surface area contributed by atoms with E-state index in [1.807, 2.05) is 42.5 Å². The van der Waals surface area contributed by atoms with Gasteiger partial charge in [-0.3, -0.25) is 14.6 Å². The number of pyridine rings is 1. The normalized spacial score (nSPS) is 20.0. The summed E-state index contributed by atoms with van der Waals surface area (Å²) >= 11 is 1.27. The van der Waals surface area contributed by atoms with Crippen molar-refractivity contribution in [2.45, 2.75) is 23.1 Å². The third-order valence-corrected chi connectivity index (χ3v) is 4.83. The number of nitrogens with zero attached hydrogens (tertiary/aromatic N) is 1. The van der Waals surface area contributed by atoms with E-state index in [0.29, 0.717) is 6.54 Å². The maximum absolute atomic E-state index is 12.5. The Labute approximate surface area is 132 Å². The maximum atomic E-state index is 12.5. The number of carbonyl (C=O) groups excluding carboxylic acids is 2. The van der Waals surface area contributed by atoms with Crippen LogP contribution in [0.2, 0.25) is 0 Å². The lowest BCUT2D eigenvalue weighted by Gasteiger charge is -2.31. The Balaban J connectivity index is 1.75. The van der Waals surface area contributed by atoms with Crippen LogP contribution < -0.4 is 10.6 Å². The summed E-state index contributed by atoms with van der Waals surface area (Å²) in [4.78, 5) is 29.9. The molecule has 1 aromatic carbocycles. The van der Waals surface area contributed by atoms with Gasteiger partial charge in [-0.2, -0.15) is 0 Å². The smallest absolute Gasteiger partial charge is 0.250 e. The molecule has 1 aliphatic heterocycles. The zero-order valence-electron chi connectivity index (χ0n) is 12.0. The third-order valence-electron chi connectivity index (χ3n) is 3.47. The van der Waals surface area contributed by atoms with Gasteiger partial charge in [0, 0.05) is 11.1 Å². The molecule has 0 saturated heterocycles. The third kappa shape index (κ3) is 2.69. The van der Waals surface area contributed by atoms with Crippen molar-refractivity contribution >= 4 is 29.3 Å². The van der Waals surface area contributed by atoms with Gasteiger partial charge >= 0.3 is 0 Å². The highest BCUT2D eigenvalue weighted by atomic mass is 32.2. The molecule has 5 nitrogen and oxygen atoms in total. The summed E-state index contributed by atoms with van der Waals surface area (Å²) in [7, 11) is 0. The Morgan fingerprint density at radius 1 is 1.27 bits per heavy atom. The predicted octanol–water partition coefficient (Wildman–Crippen LogP) is 2.20. The number of carbonyl (C=O) groups is 2. The number of hydrogen-bond acceptors (Lipinski definition) is 4. The van der Waals surface area contributed by atoms with E-state index in [4.69, 9.17) is 0 Å². The average Bonchev–Trinajstić information content (AvgIpc) is 2.54. The first-order valence-electron chi connectivity index (χ1n) is 6.87. The van der Waals surface area contributed by atoms with Crippen LogP contribution in [0, 0.1) is 0 Å². The van der Waals surface area contributed by atoms with E-state index < -0.39 is 4.75 Å². The number of benzene rings is 1. The number of nitrogens with one attached hydrogen (secondary N) is 2. The highest BCUT2D eigenvalue weighted by Gasteiger charge is 2.45. The van der Waals surface area contributed by atoms with Gasteiger partial charge in [-0.05, 0) is 31.2 Å². The standard InChI is InChI=1S/C16H15N3O2S/c1-16(14(20)18-10-11-6-4-5-9-17-11)15(21)19-12-7-2-3-8-13(12)22-16/h2-9H,10H2,1H3,(H,18,20)(H,19,21)/t16-/m0/s1. The molecule has 1 atom stereocenters. The number of fused-ring (bicyclic) bond motifs is 1. The fraction of sp³-hybridized carbons (Fsp3) is 0.188. The number of rotatable bonds is 3. The van der Waals surface area contributed by atoms with Crippen LogP contribution >= 0.6 is 11.8 Å². The van der Waals surface area contributed by atoms with E-state index in [-0.39, 0.29) is 11.8 Å². The van der Waals surface area contributed by atoms with Crippen molar-refractivity contribution < 1.29 is 9.59 Å². The molecule has 2 aromatic rings. The second-order valence-electron chi connectivity index (χ2n) is 5.09.